The van der Waals surface area contributed by atoms with Crippen molar-refractivity contribution < 1.29 is 9.63 Å². The number of thiazole rings is 1. The molecule has 10 heavy (non-hydrogen) atoms. The van der Waals surface area contributed by atoms with Crippen LogP contribution >= 0.6 is 11.3 Å². The van der Waals surface area contributed by atoms with Crippen LogP contribution in [0, 0.1) is 0 Å². The Morgan fingerprint density at radius 1 is 1.90 bits per heavy atom. The summed E-state index contributed by atoms with van der Waals surface area (Å²) in [4.78, 5) is 19.0. The summed E-state index contributed by atoms with van der Waals surface area (Å²) < 4.78 is 0. The summed E-state index contributed by atoms with van der Waals surface area (Å²) in [5.41, 5.74) is 4.12. The number of nitrogens with zero attached hydrogens (tertiary/aromatic N) is 1. The third-order valence-corrected chi connectivity index (χ3v) is 1.45. The number of rotatable bonds is 2. The topological polar surface area (TPSA) is 51.2 Å². The first-order valence-corrected chi connectivity index (χ1v) is 3.50. The van der Waals surface area contributed by atoms with E-state index in [4.69, 9.17) is 0 Å². The van der Waals surface area contributed by atoms with Gasteiger partial charge in [0.1, 0.15) is 5.69 Å². The SMILES string of the molecule is CONC(=O)c1cscn1. The van der Waals surface area contributed by atoms with E-state index in [1.807, 2.05) is 0 Å². The Morgan fingerprint density at radius 2 is 2.70 bits per heavy atom. The van der Waals surface area contributed by atoms with Gasteiger partial charge in [-0.05, 0) is 0 Å². The van der Waals surface area contributed by atoms with E-state index in [1.165, 1.54) is 18.4 Å². The Hall–Kier alpha value is -0.940. The third kappa shape index (κ3) is 1.52. The van der Waals surface area contributed by atoms with Crippen molar-refractivity contribution in [2.24, 2.45) is 0 Å². The molecule has 1 amide bonds. The molecule has 0 aliphatic rings. The predicted octanol–water partition coefficient (Wildman–Crippen LogP) is 0.434. The lowest BCUT2D eigenvalue weighted by molar-refractivity contribution is 0.0533. The van der Waals surface area contributed by atoms with Gasteiger partial charge in [-0.25, -0.2) is 10.5 Å². The van der Waals surface area contributed by atoms with Crippen molar-refractivity contribution in [3.8, 4) is 0 Å². The van der Waals surface area contributed by atoms with Gasteiger partial charge in [-0.3, -0.25) is 9.63 Å². The lowest BCUT2D eigenvalue weighted by atomic mass is 10.5. The molecule has 0 aliphatic heterocycles. The highest BCUT2D eigenvalue weighted by Gasteiger charge is 2.04. The molecule has 0 saturated heterocycles. The van der Waals surface area contributed by atoms with E-state index in [0.717, 1.165) is 0 Å². The lowest BCUT2D eigenvalue weighted by Gasteiger charge is -1.95. The van der Waals surface area contributed by atoms with Gasteiger partial charge in [0.15, 0.2) is 0 Å². The molecule has 0 aliphatic carbocycles. The number of nitrogens with one attached hydrogen (secondary N) is 1. The number of hydrogen-bond donors (Lipinski definition) is 1. The van der Waals surface area contributed by atoms with E-state index < -0.39 is 0 Å². The first-order chi connectivity index (χ1) is 4.84. The van der Waals surface area contributed by atoms with Gasteiger partial charge >= 0.3 is 0 Å². The van der Waals surface area contributed by atoms with E-state index in [2.05, 4.69) is 15.3 Å². The minimum Gasteiger partial charge on any atom is -0.277 e. The normalized spacial score (nSPS) is 9.30. The Labute approximate surface area is 61.8 Å². The Kier molecular flexibility index (Phi) is 2.35. The molecule has 4 nitrogen and oxygen atoms in total. The molecular formula is C5H6N2O2S. The number of amides is 1. The van der Waals surface area contributed by atoms with Crippen molar-refractivity contribution in [1.82, 2.24) is 10.5 Å². The monoisotopic (exact) mass is 158 g/mol. The third-order valence-electron chi connectivity index (χ3n) is 0.860. The minimum absolute atomic E-state index is 0.316. The van der Waals surface area contributed by atoms with Gasteiger partial charge in [-0.2, -0.15) is 0 Å². The number of aromatic nitrogens is 1. The van der Waals surface area contributed by atoms with Crippen LogP contribution in [-0.2, 0) is 4.84 Å². The molecule has 1 aromatic heterocycles. The van der Waals surface area contributed by atoms with Gasteiger partial charge in [0.25, 0.3) is 5.91 Å². The van der Waals surface area contributed by atoms with Crippen LogP contribution in [0.4, 0.5) is 0 Å². The van der Waals surface area contributed by atoms with E-state index in [-0.39, 0.29) is 5.91 Å². The quantitative estimate of drug-likeness (QED) is 0.635. The molecule has 1 aromatic rings. The van der Waals surface area contributed by atoms with Gasteiger partial charge < -0.3 is 0 Å². The van der Waals surface area contributed by atoms with Crippen molar-refractivity contribution >= 4 is 17.2 Å². The lowest BCUT2D eigenvalue weighted by Crippen LogP contribution is -2.21. The summed E-state index contributed by atoms with van der Waals surface area (Å²) >= 11 is 1.37. The summed E-state index contributed by atoms with van der Waals surface area (Å²) in [6.45, 7) is 0. The average molecular weight is 158 g/mol. The molecule has 0 atom stereocenters. The number of carbonyl (C=O) groups excluding carboxylic acids is 1. The summed E-state index contributed by atoms with van der Waals surface area (Å²) in [6.07, 6.45) is 0. The number of hydroxylamine groups is 1. The van der Waals surface area contributed by atoms with Crippen molar-refractivity contribution in [2.75, 3.05) is 7.11 Å². The Bertz CT molecular complexity index is 209. The van der Waals surface area contributed by atoms with Gasteiger partial charge in [-0.15, -0.1) is 11.3 Å². The van der Waals surface area contributed by atoms with Crippen LogP contribution in [0.25, 0.3) is 0 Å². The van der Waals surface area contributed by atoms with Crippen LogP contribution in [0.3, 0.4) is 0 Å². The van der Waals surface area contributed by atoms with Gasteiger partial charge in [0.05, 0.1) is 12.6 Å². The summed E-state index contributed by atoms with van der Waals surface area (Å²) in [6, 6.07) is 0. The minimum atomic E-state index is -0.316. The maximum atomic E-state index is 10.8. The van der Waals surface area contributed by atoms with E-state index in [0.29, 0.717) is 5.69 Å². The molecule has 54 valence electrons. The average Bonchev–Trinajstić information content (AvgIpc) is 2.38. The van der Waals surface area contributed by atoms with Crippen molar-refractivity contribution in [3.63, 3.8) is 0 Å². The van der Waals surface area contributed by atoms with Crippen molar-refractivity contribution in [1.29, 1.82) is 0 Å². The maximum absolute atomic E-state index is 10.8. The molecule has 1 heterocycles. The first kappa shape index (κ1) is 7.17. The second kappa shape index (κ2) is 3.28. The van der Waals surface area contributed by atoms with Gasteiger partial charge in [0, 0.05) is 5.38 Å². The fourth-order valence-electron chi connectivity index (χ4n) is 0.470. The zero-order valence-corrected chi connectivity index (χ0v) is 6.14. The second-order valence-corrected chi connectivity index (χ2v) is 2.23. The van der Waals surface area contributed by atoms with Crippen LogP contribution < -0.4 is 5.48 Å². The highest BCUT2D eigenvalue weighted by Crippen LogP contribution is 1.99. The molecule has 1 N–H and O–H groups in total. The maximum Gasteiger partial charge on any atom is 0.294 e. The number of carbonyl (C=O) groups is 1. The molecule has 0 spiro atoms. The molecule has 5 heteroatoms. The van der Waals surface area contributed by atoms with Gasteiger partial charge in [-0.1, -0.05) is 0 Å². The van der Waals surface area contributed by atoms with Crippen molar-refractivity contribution in [2.45, 2.75) is 0 Å². The Balaban J connectivity index is 2.59. The van der Waals surface area contributed by atoms with Gasteiger partial charge in [0.2, 0.25) is 0 Å². The molecule has 0 aromatic carbocycles. The fourth-order valence-corrected chi connectivity index (χ4v) is 1.00. The smallest absolute Gasteiger partial charge is 0.277 e. The fraction of sp³-hybridized carbons (Fsp3) is 0.200. The summed E-state index contributed by atoms with van der Waals surface area (Å²) in [5, 5.41) is 1.65. The predicted molar refractivity (Wildman–Crippen MR) is 36.6 cm³/mol. The molecule has 0 bridgehead atoms. The molecule has 0 radical (unpaired) electrons. The Morgan fingerprint density at radius 3 is 3.20 bits per heavy atom. The highest BCUT2D eigenvalue weighted by molar-refractivity contribution is 7.07. The molecular weight excluding hydrogens is 152 g/mol. The zero-order valence-electron chi connectivity index (χ0n) is 5.33. The summed E-state index contributed by atoms with van der Waals surface area (Å²) in [5.74, 6) is -0.316. The van der Waals surface area contributed by atoms with Crippen LogP contribution in [0.1, 0.15) is 10.5 Å². The van der Waals surface area contributed by atoms with Crippen molar-refractivity contribution in [3.05, 3.63) is 16.6 Å². The molecule has 0 fully saturated rings. The van der Waals surface area contributed by atoms with Crippen LogP contribution in [-0.4, -0.2) is 18.0 Å². The van der Waals surface area contributed by atoms with Crippen LogP contribution in [0.2, 0.25) is 0 Å². The van der Waals surface area contributed by atoms with E-state index in [1.54, 1.807) is 10.9 Å². The summed E-state index contributed by atoms with van der Waals surface area (Å²) in [7, 11) is 1.38. The first-order valence-electron chi connectivity index (χ1n) is 2.56. The van der Waals surface area contributed by atoms with Crippen LogP contribution in [0.15, 0.2) is 10.9 Å². The zero-order chi connectivity index (χ0) is 7.40. The molecule has 0 saturated carbocycles. The number of hydrogen-bond acceptors (Lipinski definition) is 4. The standard InChI is InChI=1S/C5H6N2O2S/c1-9-7-5(8)4-2-10-3-6-4/h2-3H,1H3,(H,7,8). The molecule has 0 unspecified atom stereocenters. The largest absolute Gasteiger partial charge is 0.294 e. The highest BCUT2D eigenvalue weighted by atomic mass is 32.1. The molecule has 1 rings (SSSR count). The van der Waals surface area contributed by atoms with E-state index in [9.17, 15) is 4.79 Å². The van der Waals surface area contributed by atoms with Crippen LogP contribution in [0.5, 0.6) is 0 Å². The van der Waals surface area contributed by atoms with E-state index >= 15 is 0 Å². The second-order valence-electron chi connectivity index (χ2n) is 1.51.